The van der Waals surface area contributed by atoms with Gasteiger partial charge in [-0.1, -0.05) is 22.9 Å². The lowest BCUT2D eigenvalue weighted by molar-refractivity contribution is -0.0201. The van der Waals surface area contributed by atoms with Crippen LogP contribution in [0.2, 0.25) is 0 Å². The predicted molar refractivity (Wildman–Crippen MR) is 85.3 cm³/mol. The summed E-state index contributed by atoms with van der Waals surface area (Å²) in [7, 11) is 2.20. The molecular formula is C16H23BrN2O. The van der Waals surface area contributed by atoms with Crippen LogP contribution >= 0.6 is 15.9 Å². The summed E-state index contributed by atoms with van der Waals surface area (Å²) >= 11 is 3.57. The molecule has 1 unspecified atom stereocenters. The van der Waals surface area contributed by atoms with E-state index in [9.17, 15) is 0 Å². The molecule has 1 aromatic rings. The Morgan fingerprint density at radius 2 is 2.15 bits per heavy atom. The molecule has 2 aliphatic heterocycles. The molecule has 110 valence electrons. The lowest BCUT2D eigenvalue weighted by Gasteiger charge is -2.46. The van der Waals surface area contributed by atoms with Crippen LogP contribution in [-0.4, -0.2) is 37.2 Å². The second-order valence-electron chi connectivity index (χ2n) is 6.08. The molecule has 1 fully saturated rings. The molecule has 0 bridgehead atoms. The molecule has 1 N–H and O–H groups in total. The SMILES string of the molecule is CCNC1CC2(CCN(C)CC2)Oc2ccc(Br)cc21. The van der Waals surface area contributed by atoms with Crippen LogP contribution in [0.3, 0.4) is 0 Å². The molecule has 1 atom stereocenters. The summed E-state index contributed by atoms with van der Waals surface area (Å²) in [6, 6.07) is 6.80. The van der Waals surface area contributed by atoms with Crippen LogP contribution < -0.4 is 10.1 Å². The zero-order valence-electron chi connectivity index (χ0n) is 12.3. The maximum absolute atomic E-state index is 6.45. The van der Waals surface area contributed by atoms with Crippen LogP contribution in [0.4, 0.5) is 0 Å². The van der Waals surface area contributed by atoms with Gasteiger partial charge in [0.1, 0.15) is 11.4 Å². The van der Waals surface area contributed by atoms with E-state index in [2.05, 4.69) is 58.3 Å². The first kappa shape index (κ1) is 14.4. The smallest absolute Gasteiger partial charge is 0.125 e. The number of ether oxygens (including phenoxy) is 1. The van der Waals surface area contributed by atoms with Gasteiger partial charge < -0.3 is 15.0 Å². The molecule has 2 heterocycles. The van der Waals surface area contributed by atoms with E-state index < -0.39 is 0 Å². The molecule has 1 spiro atoms. The molecule has 20 heavy (non-hydrogen) atoms. The van der Waals surface area contributed by atoms with Crippen molar-refractivity contribution < 1.29 is 4.74 Å². The van der Waals surface area contributed by atoms with Gasteiger partial charge in [0.15, 0.2) is 0 Å². The second kappa shape index (κ2) is 5.66. The van der Waals surface area contributed by atoms with Crippen molar-refractivity contribution in [3.05, 3.63) is 28.2 Å². The molecule has 0 saturated carbocycles. The third-order valence-corrected chi connectivity index (χ3v) is 5.09. The first-order valence-electron chi connectivity index (χ1n) is 7.52. The fraction of sp³-hybridized carbons (Fsp3) is 0.625. The number of halogens is 1. The molecule has 0 aromatic heterocycles. The van der Waals surface area contributed by atoms with Crippen LogP contribution in [0.5, 0.6) is 5.75 Å². The highest BCUT2D eigenvalue weighted by Crippen LogP contribution is 2.44. The van der Waals surface area contributed by atoms with Gasteiger partial charge in [0.05, 0.1) is 0 Å². The van der Waals surface area contributed by atoms with Crippen molar-refractivity contribution in [3.8, 4) is 5.75 Å². The van der Waals surface area contributed by atoms with Gasteiger partial charge in [0.25, 0.3) is 0 Å². The van der Waals surface area contributed by atoms with Crippen molar-refractivity contribution in [2.45, 2.75) is 37.8 Å². The van der Waals surface area contributed by atoms with Gasteiger partial charge in [-0.3, -0.25) is 0 Å². The number of nitrogens with zero attached hydrogens (tertiary/aromatic N) is 1. The topological polar surface area (TPSA) is 24.5 Å². The molecule has 0 aliphatic carbocycles. The second-order valence-corrected chi connectivity index (χ2v) is 7.00. The van der Waals surface area contributed by atoms with Crippen LogP contribution in [0.25, 0.3) is 0 Å². The van der Waals surface area contributed by atoms with Gasteiger partial charge in [-0.15, -0.1) is 0 Å². The highest BCUT2D eigenvalue weighted by Gasteiger charge is 2.42. The maximum atomic E-state index is 6.45. The average molecular weight is 339 g/mol. The van der Waals surface area contributed by atoms with Crippen molar-refractivity contribution in [1.29, 1.82) is 0 Å². The lowest BCUT2D eigenvalue weighted by atomic mass is 9.80. The summed E-state index contributed by atoms with van der Waals surface area (Å²) in [5, 5.41) is 3.64. The van der Waals surface area contributed by atoms with Gasteiger partial charge in [0.2, 0.25) is 0 Å². The van der Waals surface area contributed by atoms with Crippen molar-refractivity contribution in [1.82, 2.24) is 10.2 Å². The highest BCUT2D eigenvalue weighted by molar-refractivity contribution is 9.10. The minimum absolute atomic E-state index is 0.0280. The normalized spacial score (nSPS) is 25.2. The van der Waals surface area contributed by atoms with Gasteiger partial charge in [-0.2, -0.15) is 0 Å². The van der Waals surface area contributed by atoms with E-state index >= 15 is 0 Å². The fourth-order valence-corrected chi connectivity index (χ4v) is 3.78. The number of rotatable bonds is 2. The largest absolute Gasteiger partial charge is 0.487 e. The Bertz CT molecular complexity index is 483. The van der Waals surface area contributed by atoms with Crippen molar-refractivity contribution in [3.63, 3.8) is 0 Å². The Balaban J connectivity index is 1.90. The van der Waals surface area contributed by atoms with E-state index in [0.717, 1.165) is 49.1 Å². The van der Waals surface area contributed by atoms with Gasteiger partial charge in [0, 0.05) is 35.6 Å². The Hall–Kier alpha value is -0.580. The van der Waals surface area contributed by atoms with Gasteiger partial charge in [-0.25, -0.2) is 0 Å². The van der Waals surface area contributed by atoms with E-state index in [0.29, 0.717) is 6.04 Å². The van der Waals surface area contributed by atoms with Gasteiger partial charge >= 0.3 is 0 Å². The Labute approximate surface area is 129 Å². The van der Waals surface area contributed by atoms with Crippen LogP contribution in [0, 0.1) is 0 Å². The number of fused-ring (bicyclic) bond motifs is 1. The molecular weight excluding hydrogens is 316 g/mol. The zero-order valence-corrected chi connectivity index (χ0v) is 13.9. The number of piperidine rings is 1. The predicted octanol–water partition coefficient (Wildman–Crippen LogP) is 3.35. The summed E-state index contributed by atoms with van der Waals surface area (Å²) in [5.74, 6) is 1.06. The Morgan fingerprint density at radius 1 is 1.40 bits per heavy atom. The zero-order chi connectivity index (χ0) is 14.2. The average Bonchev–Trinajstić information content (AvgIpc) is 2.44. The standard InChI is InChI=1S/C16H23BrN2O/c1-3-18-14-11-16(6-8-19(2)9-7-16)20-15-5-4-12(17)10-13(14)15/h4-5,10,14,18H,3,6-9,11H2,1-2H3. The summed E-state index contributed by atoms with van der Waals surface area (Å²) < 4.78 is 7.58. The first-order chi connectivity index (χ1) is 9.62. The minimum Gasteiger partial charge on any atom is -0.487 e. The van der Waals surface area contributed by atoms with E-state index in [1.54, 1.807) is 0 Å². The van der Waals surface area contributed by atoms with Crippen LogP contribution in [0.1, 0.15) is 37.8 Å². The van der Waals surface area contributed by atoms with Crippen molar-refractivity contribution >= 4 is 15.9 Å². The minimum atomic E-state index is 0.0280. The number of likely N-dealkylation sites (tertiary alicyclic amines) is 1. The molecule has 1 saturated heterocycles. The van der Waals surface area contributed by atoms with Crippen molar-refractivity contribution in [2.75, 3.05) is 26.7 Å². The summed E-state index contributed by atoms with van der Waals surface area (Å²) in [5.41, 5.74) is 1.32. The number of hydrogen-bond donors (Lipinski definition) is 1. The molecule has 0 amide bonds. The quantitative estimate of drug-likeness (QED) is 0.894. The monoisotopic (exact) mass is 338 g/mol. The van der Waals surface area contributed by atoms with E-state index in [1.165, 1.54) is 5.56 Å². The fourth-order valence-electron chi connectivity index (χ4n) is 3.40. The molecule has 4 heteroatoms. The van der Waals surface area contributed by atoms with Crippen LogP contribution in [-0.2, 0) is 0 Å². The van der Waals surface area contributed by atoms with Gasteiger partial charge in [-0.05, 0) is 44.6 Å². The molecule has 3 nitrogen and oxygen atoms in total. The lowest BCUT2D eigenvalue weighted by Crippen LogP contribution is -2.51. The highest BCUT2D eigenvalue weighted by atomic mass is 79.9. The van der Waals surface area contributed by atoms with E-state index in [-0.39, 0.29) is 5.60 Å². The first-order valence-corrected chi connectivity index (χ1v) is 8.31. The molecule has 1 aromatic carbocycles. The molecule has 0 radical (unpaired) electrons. The Kier molecular flexibility index (Phi) is 4.07. The summed E-state index contributed by atoms with van der Waals surface area (Å²) in [6.07, 6.45) is 3.33. The van der Waals surface area contributed by atoms with E-state index in [1.807, 2.05) is 0 Å². The number of nitrogens with one attached hydrogen (secondary N) is 1. The maximum Gasteiger partial charge on any atom is 0.125 e. The van der Waals surface area contributed by atoms with E-state index in [4.69, 9.17) is 4.74 Å². The molecule has 2 aliphatic rings. The molecule has 3 rings (SSSR count). The third-order valence-electron chi connectivity index (χ3n) is 4.60. The Morgan fingerprint density at radius 3 is 2.85 bits per heavy atom. The summed E-state index contributed by atoms with van der Waals surface area (Å²) in [4.78, 5) is 2.40. The summed E-state index contributed by atoms with van der Waals surface area (Å²) in [6.45, 7) is 5.43. The van der Waals surface area contributed by atoms with Crippen molar-refractivity contribution in [2.24, 2.45) is 0 Å². The number of benzene rings is 1. The third kappa shape index (κ3) is 2.74. The van der Waals surface area contributed by atoms with Crippen LogP contribution in [0.15, 0.2) is 22.7 Å². The number of hydrogen-bond acceptors (Lipinski definition) is 3.